The lowest BCUT2D eigenvalue weighted by Crippen LogP contribution is -2.54. The summed E-state index contributed by atoms with van der Waals surface area (Å²) in [6.07, 6.45) is 13.6. The normalized spacial score (nSPS) is 31.2. The molecule has 1 amide bonds. The van der Waals surface area contributed by atoms with Crippen LogP contribution >= 0.6 is 0 Å². The van der Waals surface area contributed by atoms with Gasteiger partial charge in [-0.2, -0.15) is 0 Å². The van der Waals surface area contributed by atoms with Crippen molar-refractivity contribution in [2.45, 2.75) is 115 Å². The summed E-state index contributed by atoms with van der Waals surface area (Å²) < 4.78 is 11.7. The molecule has 4 aliphatic carbocycles. The number of carbonyl (C=O) groups is 1. The molecule has 4 aliphatic rings. The summed E-state index contributed by atoms with van der Waals surface area (Å²) in [5.41, 5.74) is 3.70. The number of ether oxygens (including phenoxy) is 2. The van der Waals surface area contributed by atoms with Crippen LogP contribution in [0.4, 0.5) is 0 Å². The Bertz CT molecular complexity index is 1320. The topological polar surface area (TPSA) is 79.2 Å². The van der Waals surface area contributed by atoms with Gasteiger partial charge in [0.05, 0.1) is 12.2 Å². The monoisotopic (exact) mass is 617 g/mol. The first-order chi connectivity index (χ1) is 21.7. The van der Waals surface area contributed by atoms with Crippen LogP contribution in [0.2, 0.25) is 0 Å². The Hall–Kier alpha value is -2.57. The number of aryl methyl sites for hydroxylation is 1. The van der Waals surface area contributed by atoms with Crippen LogP contribution in [0.3, 0.4) is 0 Å². The van der Waals surface area contributed by atoms with Gasteiger partial charge in [-0.25, -0.2) is 0 Å². The molecule has 2 unspecified atom stereocenters. The highest BCUT2D eigenvalue weighted by atomic mass is 16.5. The maximum absolute atomic E-state index is 12.1. The Balaban J connectivity index is 1.03. The van der Waals surface area contributed by atoms with Gasteiger partial charge in [0.2, 0.25) is 5.91 Å². The number of likely N-dealkylation sites (N-methyl/N-ethyl adjacent to an activating group) is 1. The summed E-state index contributed by atoms with van der Waals surface area (Å²) in [5, 5.41) is 22.2. The van der Waals surface area contributed by atoms with E-state index in [1.54, 1.807) is 4.90 Å². The number of carbonyl (C=O) groups excluding carboxylic acids is 1. The van der Waals surface area contributed by atoms with Gasteiger partial charge in [0, 0.05) is 25.6 Å². The molecule has 6 heteroatoms. The maximum Gasteiger partial charge on any atom is 0.248 e. The average Bonchev–Trinajstić information content (AvgIpc) is 3.41. The van der Waals surface area contributed by atoms with Crippen molar-refractivity contribution in [3.8, 4) is 11.5 Å². The van der Waals surface area contributed by atoms with E-state index >= 15 is 0 Å². The van der Waals surface area contributed by atoms with Gasteiger partial charge >= 0.3 is 0 Å². The van der Waals surface area contributed by atoms with E-state index in [2.05, 4.69) is 44.2 Å². The lowest BCUT2D eigenvalue weighted by Gasteiger charge is -2.59. The van der Waals surface area contributed by atoms with Crippen molar-refractivity contribution in [2.24, 2.45) is 16.7 Å². The number of nitrogens with zero attached hydrogens (tertiary/aromatic N) is 1. The van der Waals surface area contributed by atoms with E-state index in [-0.39, 0.29) is 23.3 Å². The fourth-order valence-corrected chi connectivity index (χ4v) is 10.2. The first-order valence-corrected chi connectivity index (χ1v) is 17.8. The Morgan fingerprint density at radius 2 is 1.71 bits per heavy atom. The van der Waals surface area contributed by atoms with Crippen molar-refractivity contribution in [3.63, 3.8) is 0 Å². The van der Waals surface area contributed by atoms with Gasteiger partial charge in [-0.1, -0.05) is 44.9 Å². The predicted octanol–water partition coefficient (Wildman–Crippen LogP) is 7.75. The fourth-order valence-electron chi connectivity index (χ4n) is 10.2. The molecule has 246 valence electrons. The van der Waals surface area contributed by atoms with Crippen LogP contribution in [0.1, 0.15) is 119 Å². The van der Waals surface area contributed by atoms with E-state index in [1.165, 1.54) is 16.7 Å². The molecule has 0 spiro atoms. The number of amides is 1. The SMILES string of the molecule is CCCCN(C)C(=O)COCCCCCCOc1ccc([C@H]2C[C@]3(C)C4(O)CCC3(CC4)C3CCc4cc(O)ccc4C32)cc1. The van der Waals surface area contributed by atoms with Crippen molar-refractivity contribution in [3.05, 3.63) is 59.2 Å². The number of benzene rings is 2. The molecule has 2 N–H and O–H groups in total. The number of hydrogen-bond donors (Lipinski definition) is 2. The van der Waals surface area contributed by atoms with Crippen LogP contribution < -0.4 is 4.74 Å². The standard InChI is InChI=1S/C39H55NO5/c1-4-5-22-40(3)35(42)27-44-23-8-6-7-9-24-45-31-14-10-28(11-15-31)33-26-37(2)38(18-20-39(37,43)21-19-38)34-17-12-29-25-30(41)13-16-32(29)36(33)34/h10-11,13-16,25,33-34,36,41,43H,4-9,12,17-24,26-27H2,1-3H3/t33-,34?,36?,37+,38?,39?/m1/s1. The highest BCUT2D eigenvalue weighted by molar-refractivity contribution is 5.77. The molecule has 2 aromatic carbocycles. The van der Waals surface area contributed by atoms with Gasteiger partial charge in [0.25, 0.3) is 0 Å². The second kappa shape index (κ2) is 13.3. The van der Waals surface area contributed by atoms with Gasteiger partial charge in [-0.3, -0.25) is 4.79 Å². The van der Waals surface area contributed by atoms with Gasteiger partial charge in [-0.15, -0.1) is 0 Å². The largest absolute Gasteiger partial charge is 0.508 e. The number of fused-ring (bicyclic) bond motifs is 3. The number of aromatic hydroxyl groups is 1. The molecule has 0 heterocycles. The van der Waals surface area contributed by atoms with E-state index in [9.17, 15) is 15.0 Å². The van der Waals surface area contributed by atoms with Crippen LogP contribution in [-0.2, 0) is 16.0 Å². The van der Waals surface area contributed by atoms with Crippen LogP contribution in [-0.4, -0.2) is 60.0 Å². The molecule has 0 aromatic heterocycles. The fraction of sp³-hybridized carbons (Fsp3) is 0.667. The molecule has 6 nitrogen and oxygen atoms in total. The lowest BCUT2D eigenvalue weighted by molar-refractivity contribution is -0.134. The predicted molar refractivity (Wildman–Crippen MR) is 178 cm³/mol. The quantitative estimate of drug-likeness (QED) is 0.212. The number of unbranched alkanes of at least 4 members (excludes halogenated alkanes) is 4. The minimum atomic E-state index is -0.539. The summed E-state index contributed by atoms with van der Waals surface area (Å²) in [6.45, 7) is 6.85. The zero-order chi connectivity index (χ0) is 31.7. The van der Waals surface area contributed by atoms with E-state index in [0.29, 0.717) is 36.7 Å². The summed E-state index contributed by atoms with van der Waals surface area (Å²) in [5.74, 6) is 2.66. The number of phenols is 1. The van der Waals surface area contributed by atoms with Gasteiger partial charge < -0.3 is 24.6 Å². The first kappa shape index (κ1) is 32.4. The van der Waals surface area contributed by atoms with E-state index in [0.717, 1.165) is 95.8 Å². The smallest absolute Gasteiger partial charge is 0.248 e. The third-order valence-electron chi connectivity index (χ3n) is 12.8. The third-order valence-corrected chi connectivity index (χ3v) is 12.8. The molecule has 0 saturated heterocycles. The van der Waals surface area contributed by atoms with Crippen LogP contribution in [0.25, 0.3) is 0 Å². The Labute approximate surface area is 270 Å². The minimum absolute atomic E-state index is 0.0546. The molecule has 0 aliphatic heterocycles. The highest BCUT2D eigenvalue weighted by Crippen LogP contribution is 2.79. The summed E-state index contributed by atoms with van der Waals surface area (Å²) in [6, 6.07) is 14.9. The number of phenolic OH excluding ortho intramolecular Hbond substituents is 1. The number of hydrogen-bond acceptors (Lipinski definition) is 5. The molecule has 2 bridgehead atoms. The number of rotatable bonds is 14. The molecule has 3 saturated carbocycles. The minimum Gasteiger partial charge on any atom is -0.508 e. The van der Waals surface area contributed by atoms with Crippen molar-refractivity contribution < 1.29 is 24.5 Å². The van der Waals surface area contributed by atoms with Gasteiger partial charge in [-0.05, 0) is 135 Å². The van der Waals surface area contributed by atoms with Crippen LogP contribution in [0, 0.1) is 16.7 Å². The van der Waals surface area contributed by atoms with Crippen molar-refractivity contribution in [1.82, 2.24) is 4.90 Å². The lowest BCUT2D eigenvalue weighted by atomic mass is 9.45. The third kappa shape index (κ3) is 5.91. The average molecular weight is 618 g/mol. The second-order valence-corrected chi connectivity index (χ2v) is 14.9. The molecule has 4 atom stereocenters. The van der Waals surface area contributed by atoms with E-state index in [1.807, 2.05) is 19.2 Å². The Morgan fingerprint density at radius 1 is 0.978 bits per heavy atom. The molecule has 3 fully saturated rings. The van der Waals surface area contributed by atoms with Crippen LogP contribution in [0.5, 0.6) is 11.5 Å². The Kier molecular flexibility index (Phi) is 9.55. The van der Waals surface area contributed by atoms with Crippen molar-refractivity contribution in [1.29, 1.82) is 0 Å². The second-order valence-electron chi connectivity index (χ2n) is 14.9. The van der Waals surface area contributed by atoms with Gasteiger partial charge in [0.1, 0.15) is 18.1 Å². The van der Waals surface area contributed by atoms with E-state index < -0.39 is 5.60 Å². The molecule has 6 rings (SSSR count). The van der Waals surface area contributed by atoms with Gasteiger partial charge in [0.15, 0.2) is 0 Å². The molecular weight excluding hydrogens is 562 g/mol. The molecular formula is C39H55NO5. The zero-order valence-corrected chi connectivity index (χ0v) is 27.9. The maximum atomic E-state index is 12.1. The van der Waals surface area contributed by atoms with Crippen LogP contribution in [0.15, 0.2) is 42.5 Å². The molecule has 2 aromatic rings. The van der Waals surface area contributed by atoms with Crippen molar-refractivity contribution in [2.75, 3.05) is 33.4 Å². The van der Waals surface area contributed by atoms with Crippen molar-refractivity contribution >= 4 is 5.91 Å². The summed E-state index contributed by atoms with van der Waals surface area (Å²) >= 11 is 0. The molecule has 45 heavy (non-hydrogen) atoms. The summed E-state index contributed by atoms with van der Waals surface area (Å²) in [7, 11) is 1.85. The molecule has 0 radical (unpaired) electrons. The van der Waals surface area contributed by atoms with E-state index in [4.69, 9.17) is 9.47 Å². The first-order valence-electron chi connectivity index (χ1n) is 17.8. The summed E-state index contributed by atoms with van der Waals surface area (Å²) in [4.78, 5) is 13.8. The zero-order valence-electron chi connectivity index (χ0n) is 27.9. The number of aliphatic hydroxyl groups is 1. The highest BCUT2D eigenvalue weighted by Gasteiger charge is 2.74. The Morgan fingerprint density at radius 3 is 2.44 bits per heavy atom.